The molecule has 1 aliphatic heterocycles. The lowest BCUT2D eigenvalue weighted by Crippen LogP contribution is -2.30. The van der Waals surface area contributed by atoms with Crippen LogP contribution in [0.3, 0.4) is 0 Å². The molecule has 0 bridgehead atoms. The first-order chi connectivity index (χ1) is 10.6. The number of carbonyl (C=O) groups excluding carboxylic acids is 2. The van der Waals surface area contributed by atoms with Gasteiger partial charge in [-0.25, -0.2) is 0 Å². The number of nitrogens with zero attached hydrogens (tertiary/aromatic N) is 3. The molecule has 2 aromatic heterocycles. The van der Waals surface area contributed by atoms with Crippen LogP contribution >= 0.6 is 11.3 Å². The van der Waals surface area contributed by atoms with Crippen LogP contribution in [-0.2, 0) is 6.42 Å². The van der Waals surface area contributed by atoms with E-state index in [0.717, 1.165) is 12.8 Å². The number of thiophene rings is 1. The lowest BCUT2D eigenvalue weighted by molar-refractivity contribution is 0.0733. The second-order valence-corrected chi connectivity index (χ2v) is 6.03. The van der Waals surface area contributed by atoms with Crippen LogP contribution in [0.4, 0.5) is 0 Å². The van der Waals surface area contributed by atoms with Gasteiger partial charge in [0, 0.05) is 18.3 Å². The van der Waals surface area contributed by atoms with Gasteiger partial charge in [0.15, 0.2) is 5.82 Å². The Morgan fingerprint density at radius 3 is 3.00 bits per heavy atom. The van der Waals surface area contributed by atoms with E-state index in [1.165, 1.54) is 11.3 Å². The normalized spacial score (nSPS) is 17.9. The molecule has 7 nitrogen and oxygen atoms in total. The highest BCUT2D eigenvalue weighted by Crippen LogP contribution is 2.32. The zero-order valence-electron chi connectivity index (χ0n) is 12.1. The smallest absolute Gasteiger partial charge is 0.264 e. The number of hydrogen-bond acceptors (Lipinski definition) is 6. The van der Waals surface area contributed by atoms with Crippen LogP contribution in [0.25, 0.3) is 0 Å². The largest absolute Gasteiger partial charge is 0.366 e. The van der Waals surface area contributed by atoms with Gasteiger partial charge in [-0.1, -0.05) is 12.1 Å². The van der Waals surface area contributed by atoms with Gasteiger partial charge in [0.05, 0.1) is 16.5 Å². The molecule has 2 amide bonds. The Hall–Kier alpha value is -2.22. The van der Waals surface area contributed by atoms with Crippen LogP contribution in [0.1, 0.15) is 57.6 Å². The third kappa shape index (κ3) is 2.61. The zero-order chi connectivity index (χ0) is 15.7. The van der Waals surface area contributed by atoms with Gasteiger partial charge in [-0.15, -0.1) is 11.3 Å². The minimum absolute atomic E-state index is 0.122. The molecule has 1 aliphatic rings. The van der Waals surface area contributed by atoms with Gasteiger partial charge in [0.25, 0.3) is 5.91 Å². The van der Waals surface area contributed by atoms with Crippen molar-refractivity contribution in [2.45, 2.75) is 32.2 Å². The number of carbonyl (C=O) groups is 2. The molecular weight excluding hydrogens is 304 g/mol. The molecule has 2 N–H and O–H groups in total. The Balaban J connectivity index is 1.82. The highest BCUT2D eigenvalue weighted by Gasteiger charge is 2.34. The van der Waals surface area contributed by atoms with E-state index in [2.05, 4.69) is 10.1 Å². The van der Waals surface area contributed by atoms with Crippen LogP contribution in [0.2, 0.25) is 0 Å². The number of likely N-dealkylation sites (tertiary alicyclic amines) is 1. The average Bonchev–Trinajstić information content (AvgIpc) is 3.24. The van der Waals surface area contributed by atoms with Crippen LogP contribution in [0, 0.1) is 0 Å². The molecule has 0 radical (unpaired) electrons. The van der Waals surface area contributed by atoms with Crippen molar-refractivity contribution in [1.82, 2.24) is 15.0 Å². The number of hydrogen-bond donors (Lipinski definition) is 1. The van der Waals surface area contributed by atoms with Crippen molar-refractivity contribution in [3.8, 4) is 0 Å². The fourth-order valence-corrected chi connectivity index (χ4v) is 3.40. The Bertz CT molecular complexity index is 709. The van der Waals surface area contributed by atoms with Gasteiger partial charge < -0.3 is 15.2 Å². The van der Waals surface area contributed by atoms with Crippen LogP contribution in [-0.4, -0.2) is 33.4 Å². The van der Waals surface area contributed by atoms with Crippen LogP contribution < -0.4 is 5.73 Å². The average molecular weight is 320 g/mol. The third-order valence-electron chi connectivity index (χ3n) is 3.69. The Kier molecular flexibility index (Phi) is 3.93. The lowest BCUT2D eigenvalue weighted by Gasteiger charge is -2.21. The van der Waals surface area contributed by atoms with Crippen molar-refractivity contribution in [3.63, 3.8) is 0 Å². The van der Waals surface area contributed by atoms with E-state index >= 15 is 0 Å². The molecule has 22 heavy (non-hydrogen) atoms. The minimum Gasteiger partial charge on any atom is -0.366 e. The molecular formula is C14H16N4O3S. The predicted molar refractivity (Wildman–Crippen MR) is 79.5 cm³/mol. The number of aryl methyl sites for hydroxylation is 1. The lowest BCUT2D eigenvalue weighted by atomic mass is 10.2. The molecule has 0 aromatic carbocycles. The van der Waals surface area contributed by atoms with E-state index < -0.39 is 5.91 Å². The summed E-state index contributed by atoms with van der Waals surface area (Å²) >= 11 is 1.22. The first-order valence-corrected chi connectivity index (χ1v) is 8.00. The number of aromatic nitrogens is 2. The van der Waals surface area contributed by atoms with Crippen LogP contribution in [0.5, 0.6) is 0 Å². The monoisotopic (exact) mass is 320 g/mol. The first kappa shape index (κ1) is 14.7. The maximum atomic E-state index is 12.6. The summed E-state index contributed by atoms with van der Waals surface area (Å²) in [6, 6.07) is 1.37. The Morgan fingerprint density at radius 1 is 1.55 bits per heavy atom. The molecule has 1 unspecified atom stereocenters. The first-order valence-electron chi connectivity index (χ1n) is 7.12. The van der Waals surface area contributed by atoms with E-state index in [1.54, 1.807) is 16.3 Å². The molecule has 0 spiro atoms. The summed E-state index contributed by atoms with van der Waals surface area (Å²) in [5.74, 6) is 0.470. The summed E-state index contributed by atoms with van der Waals surface area (Å²) in [5, 5.41) is 5.58. The second-order valence-electron chi connectivity index (χ2n) is 5.12. The topological polar surface area (TPSA) is 102 Å². The van der Waals surface area contributed by atoms with Crippen molar-refractivity contribution in [2.24, 2.45) is 5.73 Å². The molecule has 116 valence electrons. The summed E-state index contributed by atoms with van der Waals surface area (Å²) in [6.45, 7) is 2.58. The van der Waals surface area contributed by atoms with Gasteiger partial charge in [0.2, 0.25) is 11.8 Å². The van der Waals surface area contributed by atoms with Crippen LogP contribution in [0.15, 0.2) is 16.0 Å². The van der Waals surface area contributed by atoms with Gasteiger partial charge in [-0.05, 0) is 18.9 Å². The molecule has 0 aliphatic carbocycles. The van der Waals surface area contributed by atoms with E-state index in [0.29, 0.717) is 35.1 Å². The maximum absolute atomic E-state index is 12.6. The predicted octanol–water partition coefficient (Wildman–Crippen LogP) is 1.77. The van der Waals surface area contributed by atoms with E-state index in [4.69, 9.17) is 10.3 Å². The third-order valence-corrected chi connectivity index (χ3v) is 4.61. The second kappa shape index (κ2) is 5.88. The SMILES string of the molecule is CCc1nc(C2CCCN2C(=O)c2cc(C(N)=O)cs2)no1. The highest BCUT2D eigenvalue weighted by atomic mass is 32.1. The van der Waals surface area contributed by atoms with E-state index in [-0.39, 0.29) is 11.9 Å². The van der Waals surface area contributed by atoms with Crippen molar-refractivity contribution in [2.75, 3.05) is 6.54 Å². The number of nitrogens with two attached hydrogens (primary N) is 1. The molecule has 1 saturated heterocycles. The van der Waals surface area contributed by atoms with Crippen molar-refractivity contribution >= 4 is 23.2 Å². The zero-order valence-corrected chi connectivity index (χ0v) is 12.9. The number of amides is 2. The molecule has 3 rings (SSSR count). The maximum Gasteiger partial charge on any atom is 0.264 e. The van der Waals surface area contributed by atoms with Crippen molar-refractivity contribution in [1.29, 1.82) is 0 Å². The molecule has 3 heterocycles. The van der Waals surface area contributed by atoms with E-state index in [9.17, 15) is 9.59 Å². The van der Waals surface area contributed by atoms with E-state index in [1.807, 2.05) is 6.92 Å². The fourth-order valence-electron chi connectivity index (χ4n) is 2.54. The van der Waals surface area contributed by atoms with Gasteiger partial charge in [-0.3, -0.25) is 9.59 Å². The Morgan fingerprint density at radius 2 is 2.36 bits per heavy atom. The summed E-state index contributed by atoms with van der Waals surface area (Å²) in [7, 11) is 0. The Labute approximate surface area is 131 Å². The van der Waals surface area contributed by atoms with Gasteiger partial charge >= 0.3 is 0 Å². The highest BCUT2D eigenvalue weighted by molar-refractivity contribution is 7.12. The molecule has 0 saturated carbocycles. The molecule has 1 fully saturated rings. The van der Waals surface area contributed by atoms with Gasteiger partial charge in [0.1, 0.15) is 0 Å². The number of rotatable bonds is 4. The summed E-state index contributed by atoms with van der Waals surface area (Å²) < 4.78 is 5.14. The van der Waals surface area contributed by atoms with Gasteiger partial charge in [-0.2, -0.15) is 4.98 Å². The molecule has 2 aromatic rings. The van der Waals surface area contributed by atoms with Crippen molar-refractivity contribution < 1.29 is 14.1 Å². The molecule has 8 heteroatoms. The standard InChI is InChI=1S/C14H16N4O3S/c1-2-11-16-13(17-21-11)9-4-3-5-18(9)14(20)10-6-8(7-22-10)12(15)19/h6-7,9H,2-5H2,1H3,(H2,15,19). The van der Waals surface area contributed by atoms with Crippen molar-refractivity contribution in [3.05, 3.63) is 33.6 Å². The minimum atomic E-state index is -0.529. The number of primary amides is 1. The summed E-state index contributed by atoms with van der Waals surface area (Å²) in [6.07, 6.45) is 2.36. The fraction of sp³-hybridized carbons (Fsp3) is 0.429. The molecule has 1 atom stereocenters. The quantitative estimate of drug-likeness (QED) is 0.925. The summed E-state index contributed by atoms with van der Waals surface area (Å²) in [5.41, 5.74) is 5.59. The summed E-state index contributed by atoms with van der Waals surface area (Å²) in [4.78, 5) is 30.4.